The summed E-state index contributed by atoms with van der Waals surface area (Å²) in [5.74, 6) is 0.807. The number of aliphatic hydroxyl groups is 1. The van der Waals surface area contributed by atoms with Gasteiger partial charge in [0.05, 0.1) is 12.7 Å². The Labute approximate surface area is 152 Å². The zero-order chi connectivity index (χ0) is 18.3. The molecule has 3 heterocycles. The Morgan fingerprint density at radius 3 is 2.85 bits per heavy atom. The van der Waals surface area contributed by atoms with Gasteiger partial charge in [-0.2, -0.15) is 0 Å². The van der Waals surface area contributed by atoms with Gasteiger partial charge in [-0.3, -0.25) is 4.79 Å². The van der Waals surface area contributed by atoms with Crippen LogP contribution in [0.2, 0.25) is 0 Å². The smallest absolute Gasteiger partial charge is 0.275 e. The van der Waals surface area contributed by atoms with Crippen molar-refractivity contribution in [2.75, 3.05) is 13.1 Å². The second kappa shape index (κ2) is 6.50. The van der Waals surface area contributed by atoms with Crippen molar-refractivity contribution in [1.29, 1.82) is 0 Å². The molecule has 0 radical (unpaired) electrons. The highest BCUT2D eigenvalue weighted by molar-refractivity contribution is 5.92. The van der Waals surface area contributed by atoms with Crippen LogP contribution in [-0.4, -0.2) is 49.0 Å². The summed E-state index contributed by atoms with van der Waals surface area (Å²) in [4.78, 5) is 18.8. The second-order valence-electron chi connectivity index (χ2n) is 7.74. The molecule has 8 heteroatoms. The summed E-state index contributed by atoms with van der Waals surface area (Å²) in [6.45, 7) is 4.78. The van der Waals surface area contributed by atoms with Crippen LogP contribution >= 0.6 is 0 Å². The Kier molecular flexibility index (Phi) is 4.30. The quantitative estimate of drug-likeness (QED) is 0.899. The van der Waals surface area contributed by atoms with E-state index in [1.54, 1.807) is 15.8 Å². The minimum atomic E-state index is -1.18. The highest BCUT2D eigenvalue weighted by Gasteiger charge is 2.40. The zero-order valence-corrected chi connectivity index (χ0v) is 15.3. The molecular formula is C18H25N5O3. The number of oxazole rings is 1. The van der Waals surface area contributed by atoms with Gasteiger partial charge in [-0.25, -0.2) is 9.67 Å². The molecule has 2 aromatic rings. The van der Waals surface area contributed by atoms with Gasteiger partial charge >= 0.3 is 0 Å². The van der Waals surface area contributed by atoms with E-state index in [0.29, 0.717) is 42.6 Å². The topological polar surface area (TPSA) is 97.3 Å². The molecule has 4 rings (SSSR count). The summed E-state index contributed by atoms with van der Waals surface area (Å²) in [6, 6.07) is 0.168. The Morgan fingerprint density at radius 2 is 2.19 bits per heavy atom. The van der Waals surface area contributed by atoms with Gasteiger partial charge in [0.1, 0.15) is 17.6 Å². The molecule has 0 unspecified atom stereocenters. The first-order chi connectivity index (χ1) is 12.5. The molecular weight excluding hydrogens is 334 g/mol. The summed E-state index contributed by atoms with van der Waals surface area (Å²) in [7, 11) is 0. The number of piperidine rings is 1. The molecule has 1 saturated heterocycles. The number of nitrogens with zero attached hydrogens (tertiary/aromatic N) is 5. The van der Waals surface area contributed by atoms with E-state index in [-0.39, 0.29) is 18.5 Å². The van der Waals surface area contributed by atoms with E-state index in [0.717, 1.165) is 12.8 Å². The van der Waals surface area contributed by atoms with E-state index < -0.39 is 5.60 Å². The molecule has 140 valence electrons. The lowest BCUT2D eigenvalue weighted by molar-refractivity contribution is -0.0322. The summed E-state index contributed by atoms with van der Waals surface area (Å²) >= 11 is 0. The zero-order valence-electron chi connectivity index (χ0n) is 15.3. The third kappa shape index (κ3) is 3.02. The molecule has 2 aliphatic rings. The van der Waals surface area contributed by atoms with Gasteiger partial charge in [0.25, 0.3) is 5.91 Å². The molecule has 0 bridgehead atoms. The lowest BCUT2D eigenvalue weighted by Gasteiger charge is -2.37. The molecule has 1 aliphatic heterocycles. The minimum absolute atomic E-state index is 0.168. The van der Waals surface area contributed by atoms with Crippen LogP contribution < -0.4 is 0 Å². The fraction of sp³-hybridized carbons (Fsp3) is 0.667. The van der Waals surface area contributed by atoms with Crippen molar-refractivity contribution in [3.05, 3.63) is 29.7 Å². The van der Waals surface area contributed by atoms with Crippen LogP contribution in [0.15, 0.2) is 16.9 Å². The Bertz CT molecular complexity index is 794. The number of carbonyl (C=O) groups excluding carboxylic acids is 1. The lowest BCUT2D eigenvalue weighted by Crippen LogP contribution is -2.48. The molecule has 1 amide bonds. The monoisotopic (exact) mass is 359 g/mol. The Balaban J connectivity index is 1.50. The van der Waals surface area contributed by atoms with E-state index >= 15 is 0 Å². The average molecular weight is 359 g/mol. The minimum Gasteiger partial charge on any atom is -0.448 e. The number of rotatable bonds is 4. The predicted octanol–water partition coefficient (Wildman–Crippen LogP) is 2.24. The van der Waals surface area contributed by atoms with Crippen LogP contribution in [0.1, 0.15) is 80.0 Å². The number of aromatic nitrogens is 4. The molecule has 2 aromatic heterocycles. The van der Waals surface area contributed by atoms with Gasteiger partial charge in [-0.1, -0.05) is 11.6 Å². The molecule has 0 spiro atoms. The predicted molar refractivity (Wildman–Crippen MR) is 92.5 cm³/mol. The highest BCUT2D eigenvalue weighted by Crippen LogP contribution is 2.36. The summed E-state index contributed by atoms with van der Waals surface area (Å²) in [5.41, 5.74) is -0.345. The van der Waals surface area contributed by atoms with Crippen molar-refractivity contribution in [3.8, 4) is 0 Å². The normalized spacial score (nSPS) is 24.1. The number of hydrogen-bond donors (Lipinski definition) is 1. The third-order valence-corrected chi connectivity index (χ3v) is 5.47. The number of carbonyl (C=O) groups is 1. The molecule has 1 saturated carbocycles. The van der Waals surface area contributed by atoms with Gasteiger partial charge < -0.3 is 14.4 Å². The molecule has 26 heavy (non-hydrogen) atoms. The van der Waals surface area contributed by atoms with Crippen molar-refractivity contribution in [1.82, 2.24) is 24.9 Å². The van der Waals surface area contributed by atoms with E-state index in [9.17, 15) is 9.90 Å². The molecule has 1 atom stereocenters. The van der Waals surface area contributed by atoms with E-state index in [4.69, 9.17) is 4.42 Å². The maximum atomic E-state index is 12.8. The van der Waals surface area contributed by atoms with Crippen molar-refractivity contribution < 1.29 is 14.3 Å². The maximum absolute atomic E-state index is 12.8. The lowest BCUT2D eigenvalue weighted by atomic mass is 9.85. The van der Waals surface area contributed by atoms with Crippen molar-refractivity contribution in [2.24, 2.45) is 0 Å². The Morgan fingerprint density at radius 1 is 1.38 bits per heavy atom. The van der Waals surface area contributed by atoms with Crippen LogP contribution in [0.4, 0.5) is 0 Å². The number of amides is 1. The number of likely N-dealkylation sites (tertiary alicyclic amines) is 1. The fourth-order valence-electron chi connectivity index (χ4n) is 3.55. The number of β-amino-alcohol motifs (C(OH)–C–C–N with tert-alkyl or cyclic N) is 1. The average Bonchev–Trinajstić information content (AvgIpc) is 3.22. The standard InChI is InChI=1S/C18H25N5O3/c1-12(2)23-9-15(20-21-23)18(25)7-4-8-22(11-18)17(24)14-10-26-16(19-14)13-5-3-6-13/h9-10,12-13,25H,3-8,11H2,1-2H3/t18-/m0/s1. The number of hydrogen-bond acceptors (Lipinski definition) is 6. The first-order valence-electron chi connectivity index (χ1n) is 9.36. The third-order valence-electron chi connectivity index (χ3n) is 5.47. The van der Waals surface area contributed by atoms with Crippen molar-refractivity contribution in [2.45, 2.75) is 63.5 Å². The molecule has 0 aromatic carbocycles. The van der Waals surface area contributed by atoms with Crippen LogP contribution in [0.25, 0.3) is 0 Å². The molecule has 2 fully saturated rings. The fourth-order valence-corrected chi connectivity index (χ4v) is 3.55. The first-order valence-corrected chi connectivity index (χ1v) is 9.36. The van der Waals surface area contributed by atoms with E-state index in [1.165, 1.54) is 12.7 Å². The van der Waals surface area contributed by atoms with Gasteiger partial charge in [0.2, 0.25) is 0 Å². The molecule has 8 nitrogen and oxygen atoms in total. The largest absolute Gasteiger partial charge is 0.448 e. The summed E-state index contributed by atoms with van der Waals surface area (Å²) in [6.07, 6.45) is 7.80. The molecule has 1 N–H and O–H groups in total. The van der Waals surface area contributed by atoms with Gasteiger partial charge in [-0.15, -0.1) is 5.10 Å². The summed E-state index contributed by atoms with van der Waals surface area (Å²) < 4.78 is 7.22. The van der Waals surface area contributed by atoms with Gasteiger partial charge in [-0.05, 0) is 39.5 Å². The SMILES string of the molecule is CC(C)n1cc([C@]2(O)CCCN(C(=O)c3coc(C4CCC4)n3)C2)nn1. The molecule has 1 aliphatic carbocycles. The van der Waals surface area contributed by atoms with E-state index in [2.05, 4.69) is 15.3 Å². The summed E-state index contributed by atoms with van der Waals surface area (Å²) in [5, 5.41) is 19.3. The Hall–Kier alpha value is -2.22. The van der Waals surface area contributed by atoms with Crippen LogP contribution in [0.5, 0.6) is 0 Å². The maximum Gasteiger partial charge on any atom is 0.275 e. The van der Waals surface area contributed by atoms with Gasteiger partial charge in [0.15, 0.2) is 11.6 Å². The highest BCUT2D eigenvalue weighted by atomic mass is 16.3. The van der Waals surface area contributed by atoms with Crippen molar-refractivity contribution in [3.63, 3.8) is 0 Å². The van der Waals surface area contributed by atoms with E-state index in [1.807, 2.05) is 13.8 Å². The second-order valence-corrected chi connectivity index (χ2v) is 7.74. The van der Waals surface area contributed by atoms with Crippen molar-refractivity contribution >= 4 is 5.91 Å². The van der Waals surface area contributed by atoms with Crippen LogP contribution in [0.3, 0.4) is 0 Å². The first kappa shape index (κ1) is 17.2. The van der Waals surface area contributed by atoms with Gasteiger partial charge in [0, 0.05) is 18.5 Å². The van der Waals surface area contributed by atoms with Crippen LogP contribution in [-0.2, 0) is 5.60 Å². The van der Waals surface area contributed by atoms with Crippen LogP contribution in [0, 0.1) is 0 Å².